The maximum atomic E-state index is 11.7. The lowest BCUT2D eigenvalue weighted by Gasteiger charge is -2.10. The Bertz CT molecular complexity index is 567. The Balaban J connectivity index is 1.81. The summed E-state index contributed by atoms with van der Waals surface area (Å²) >= 11 is 0. The highest BCUT2D eigenvalue weighted by molar-refractivity contribution is 5.94. The molecule has 118 valence electrons. The van der Waals surface area contributed by atoms with Gasteiger partial charge in [0, 0.05) is 24.9 Å². The second kappa shape index (κ2) is 7.56. The molecular formula is C15H18N2O5. The molecule has 1 aromatic carbocycles. The van der Waals surface area contributed by atoms with E-state index in [0.29, 0.717) is 24.4 Å². The maximum absolute atomic E-state index is 11.7. The SMILES string of the molecule is CC(=O)Nc1cccc(NC(=O)COC(=O)[C@@H]2CCCO2)c1. The minimum absolute atomic E-state index is 0.200. The van der Waals surface area contributed by atoms with Crippen LogP contribution in [0.4, 0.5) is 11.4 Å². The van der Waals surface area contributed by atoms with E-state index in [4.69, 9.17) is 9.47 Å². The highest BCUT2D eigenvalue weighted by atomic mass is 16.6. The van der Waals surface area contributed by atoms with Crippen LogP contribution in [0.3, 0.4) is 0 Å². The predicted octanol–water partition coefficient (Wildman–Crippen LogP) is 1.31. The summed E-state index contributed by atoms with van der Waals surface area (Å²) in [4.78, 5) is 34.3. The summed E-state index contributed by atoms with van der Waals surface area (Å²) < 4.78 is 10.1. The van der Waals surface area contributed by atoms with Crippen molar-refractivity contribution in [3.8, 4) is 0 Å². The molecule has 7 heteroatoms. The second-order valence-electron chi connectivity index (χ2n) is 4.92. The third-order valence-electron chi connectivity index (χ3n) is 3.00. The molecule has 0 bridgehead atoms. The molecule has 1 fully saturated rings. The van der Waals surface area contributed by atoms with Crippen molar-refractivity contribution in [2.45, 2.75) is 25.9 Å². The Kier molecular flexibility index (Phi) is 5.48. The number of hydrogen-bond donors (Lipinski definition) is 2. The predicted molar refractivity (Wildman–Crippen MR) is 79.3 cm³/mol. The second-order valence-corrected chi connectivity index (χ2v) is 4.92. The monoisotopic (exact) mass is 306 g/mol. The average molecular weight is 306 g/mol. The van der Waals surface area contributed by atoms with Crippen LogP contribution in [0.2, 0.25) is 0 Å². The van der Waals surface area contributed by atoms with Crippen LogP contribution >= 0.6 is 0 Å². The molecule has 0 radical (unpaired) electrons. The van der Waals surface area contributed by atoms with Crippen LogP contribution in [0, 0.1) is 0 Å². The van der Waals surface area contributed by atoms with Crippen molar-refractivity contribution in [2.24, 2.45) is 0 Å². The topological polar surface area (TPSA) is 93.7 Å². The fourth-order valence-corrected chi connectivity index (χ4v) is 2.07. The van der Waals surface area contributed by atoms with E-state index in [1.807, 2.05) is 0 Å². The zero-order valence-electron chi connectivity index (χ0n) is 12.3. The summed E-state index contributed by atoms with van der Waals surface area (Å²) in [5.41, 5.74) is 1.08. The number of esters is 1. The van der Waals surface area contributed by atoms with Crippen molar-refractivity contribution < 1.29 is 23.9 Å². The largest absolute Gasteiger partial charge is 0.454 e. The minimum atomic E-state index is -0.559. The maximum Gasteiger partial charge on any atom is 0.335 e. The first-order valence-corrected chi connectivity index (χ1v) is 7.00. The lowest BCUT2D eigenvalue weighted by atomic mass is 10.2. The Hall–Kier alpha value is -2.41. The molecule has 2 N–H and O–H groups in total. The van der Waals surface area contributed by atoms with Gasteiger partial charge in [-0.2, -0.15) is 0 Å². The number of benzene rings is 1. The highest BCUT2D eigenvalue weighted by Crippen LogP contribution is 2.15. The number of carbonyl (C=O) groups excluding carboxylic acids is 3. The number of rotatable bonds is 5. The van der Waals surface area contributed by atoms with Gasteiger partial charge in [0.05, 0.1) is 0 Å². The van der Waals surface area contributed by atoms with Crippen LogP contribution in [0.25, 0.3) is 0 Å². The number of hydrogen-bond acceptors (Lipinski definition) is 5. The van der Waals surface area contributed by atoms with Crippen molar-refractivity contribution in [1.82, 2.24) is 0 Å². The first-order valence-electron chi connectivity index (χ1n) is 7.00. The zero-order valence-corrected chi connectivity index (χ0v) is 12.3. The number of ether oxygens (including phenoxy) is 2. The lowest BCUT2D eigenvalue weighted by molar-refractivity contribution is -0.156. The lowest BCUT2D eigenvalue weighted by Crippen LogP contribution is -2.27. The molecule has 0 aliphatic carbocycles. The fraction of sp³-hybridized carbons (Fsp3) is 0.400. The molecule has 22 heavy (non-hydrogen) atoms. The van der Waals surface area contributed by atoms with Gasteiger partial charge in [0.2, 0.25) is 5.91 Å². The number of amides is 2. The van der Waals surface area contributed by atoms with E-state index < -0.39 is 18.0 Å². The van der Waals surface area contributed by atoms with E-state index in [9.17, 15) is 14.4 Å². The van der Waals surface area contributed by atoms with Gasteiger partial charge in [-0.25, -0.2) is 4.79 Å². The van der Waals surface area contributed by atoms with Crippen LogP contribution < -0.4 is 10.6 Å². The Morgan fingerprint density at radius 2 is 2.00 bits per heavy atom. The molecule has 0 saturated carbocycles. The van der Waals surface area contributed by atoms with Gasteiger partial charge in [0.15, 0.2) is 12.7 Å². The van der Waals surface area contributed by atoms with E-state index in [0.717, 1.165) is 6.42 Å². The summed E-state index contributed by atoms with van der Waals surface area (Å²) in [6, 6.07) is 6.68. The van der Waals surface area contributed by atoms with E-state index in [1.165, 1.54) is 6.92 Å². The quantitative estimate of drug-likeness (QED) is 0.800. The molecule has 0 aromatic heterocycles. The third kappa shape index (κ3) is 4.85. The molecule has 1 atom stereocenters. The normalized spacial score (nSPS) is 16.9. The van der Waals surface area contributed by atoms with Crippen molar-refractivity contribution in [3.63, 3.8) is 0 Å². The van der Waals surface area contributed by atoms with Gasteiger partial charge in [0.25, 0.3) is 5.91 Å². The Morgan fingerprint density at radius 1 is 1.27 bits per heavy atom. The van der Waals surface area contributed by atoms with Crippen molar-refractivity contribution in [2.75, 3.05) is 23.8 Å². The summed E-state index contributed by atoms with van der Waals surface area (Å²) in [6.07, 6.45) is 0.886. The molecule has 1 aromatic rings. The Morgan fingerprint density at radius 3 is 2.64 bits per heavy atom. The van der Waals surface area contributed by atoms with Gasteiger partial charge in [-0.3, -0.25) is 9.59 Å². The van der Waals surface area contributed by atoms with Gasteiger partial charge >= 0.3 is 5.97 Å². The van der Waals surface area contributed by atoms with Crippen LogP contribution in [-0.4, -0.2) is 37.1 Å². The van der Waals surface area contributed by atoms with Gasteiger partial charge in [-0.1, -0.05) is 6.07 Å². The van der Waals surface area contributed by atoms with Gasteiger partial charge in [-0.05, 0) is 31.0 Å². The molecule has 2 rings (SSSR count). The van der Waals surface area contributed by atoms with Gasteiger partial charge < -0.3 is 20.1 Å². The van der Waals surface area contributed by atoms with Crippen LogP contribution in [0.15, 0.2) is 24.3 Å². The fourth-order valence-electron chi connectivity index (χ4n) is 2.07. The number of anilines is 2. The van der Waals surface area contributed by atoms with Gasteiger partial charge in [0.1, 0.15) is 0 Å². The zero-order chi connectivity index (χ0) is 15.9. The van der Waals surface area contributed by atoms with Gasteiger partial charge in [-0.15, -0.1) is 0 Å². The van der Waals surface area contributed by atoms with Crippen LogP contribution in [0.1, 0.15) is 19.8 Å². The average Bonchev–Trinajstić information content (AvgIpc) is 2.98. The molecule has 0 spiro atoms. The first-order chi connectivity index (χ1) is 10.5. The first kappa shape index (κ1) is 16.0. The minimum Gasteiger partial charge on any atom is -0.454 e. The van der Waals surface area contributed by atoms with Crippen molar-refractivity contribution >= 4 is 29.2 Å². The molecule has 7 nitrogen and oxygen atoms in total. The number of nitrogens with one attached hydrogen (secondary N) is 2. The van der Waals surface area contributed by atoms with Crippen molar-refractivity contribution in [1.29, 1.82) is 0 Å². The highest BCUT2D eigenvalue weighted by Gasteiger charge is 2.25. The Labute approximate surface area is 128 Å². The molecular weight excluding hydrogens is 288 g/mol. The van der Waals surface area contributed by atoms with E-state index in [-0.39, 0.29) is 12.5 Å². The molecule has 2 amide bonds. The molecule has 0 unspecified atom stereocenters. The smallest absolute Gasteiger partial charge is 0.335 e. The van der Waals surface area contributed by atoms with Crippen LogP contribution in [-0.2, 0) is 23.9 Å². The number of carbonyl (C=O) groups is 3. The summed E-state index contributed by atoms with van der Waals surface area (Å²) in [6.45, 7) is 1.57. The van der Waals surface area contributed by atoms with Crippen LogP contribution in [0.5, 0.6) is 0 Å². The van der Waals surface area contributed by atoms with E-state index in [2.05, 4.69) is 10.6 Å². The summed E-state index contributed by atoms with van der Waals surface area (Å²) in [7, 11) is 0. The van der Waals surface area contributed by atoms with E-state index >= 15 is 0 Å². The molecule has 1 aliphatic heterocycles. The molecule has 1 saturated heterocycles. The van der Waals surface area contributed by atoms with E-state index in [1.54, 1.807) is 24.3 Å². The molecule has 1 heterocycles. The standard InChI is InChI=1S/C15H18N2O5/c1-10(18)16-11-4-2-5-12(8-11)17-14(19)9-22-15(20)13-6-3-7-21-13/h2,4-5,8,13H,3,6-7,9H2,1H3,(H,16,18)(H,17,19)/t13-/m0/s1. The van der Waals surface area contributed by atoms with Crippen molar-refractivity contribution in [3.05, 3.63) is 24.3 Å². The summed E-state index contributed by atoms with van der Waals surface area (Å²) in [5, 5.41) is 5.21. The third-order valence-corrected chi connectivity index (χ3v) is 3.00. The summed E-state index contributed by atoms with van der Waals surface area (Å²) in [5.74, 6) is -1.17. The molecule has 1 aliphatic rings.